The molecule has 2 rings (SSSR count). The molecule has 0 saturated heterocycles. The van der Waals surface area contributed by atoms with Crippen molar-refractivity contribution in [3.05, 3.63) is 0 Å². The van der Waals surface area contributed by atoms with Gasteiger partial charge < -0.3 is 0 Å². The summed E-state index contributed by atoms with van der Waals surface area (Å²) >= 11 is 0. The maximum atomic E-state index is 2.38. The van der Waals surface area contributed by atoms with Crippen LogP contribution in [0.1, 0.15) is 51.9 Å². The molecule has 0 aliphatic heterocycles. The average Bonchev–Trinajstić information content (AvgIpc) is 2.47. The molecule has 2 aliphatic carbocycles. The quantitative estimate of drug-likeness (QED) is 0.538. The second-order valence-electron chi connectivity index (χ2n) is 4.45. The van der Waals surface area contributed by atoms with Crippen molar-refractivity contribution in [3.63, 3.8) is 0 Å². The Morgan fingerprint density at radius 3 is 2.64 bits per heavy atom. The fraction of sp³-hybridized carbons (Fsp3) is 1.00. The zero-order valence-corrected chi connectivity index (χ0v) is 7.68. The first-order chi connectivity index (χ1) is 5.42. The van der Waals surface area contributed by atoms with E-state index < -0.39 is 0 Å². The molecular weight excluding hydrogens is 132 g/mol. The number of hydrogen-bond donors (Lipinski definition) is 0. The van der Waals surface area contributed by atoms with Crippen molar-refractivity contribution >= 4 is 0 Å². The Hall–Kier alpha value is 0. The van der Waals surface area contributed by atoms with Gasteiger partial charge in [0.1, 0.15) is 0 Å². The highest BCUT2D eigenvalue weighted by Gasteiger charge is 2.35. The molecule has 2 aliphatic rings. The van der Waals surface area contributed by atoms with E-state index in [-0.39, 0.29) is 0 Å². The van der Waals surface area contributed by atoms with Gasteiger partial charge in [0.15, 0.2) is 0 Å². The molecular formula is C11H20. The van der Waals surface area contributed by atoms with Crippen LogP contribution in [0.5, 0.6) is 0 Å². The minimum atomic E-state index is 1.11. The summed E-state index contributed by atoms with van der Waals surface area (Å²) in [7, 11) is 0. The Morgan fingerprint density at radius 2 is 1.82 bits per heavy atom. The first kappa shape index (κ1) is 7.64. The molecule has 2 saturated carbocycles. The van der Waals surface area contributed by atoms with Crippen molar-refractivity contribution in [2.24, 2.45) is 17.8 Å². The summed E-state index contributed by atoms with van der Waals surface area (Å²) in [5.74, 6) is 3.41. The second-order valence-corrected chi connectivity index (χ2v) is 4.45. The van der Waals surface area contributed by atoms with Crippen LogP contribution in [0.15, 0.2) is 0 Å². The van der Waals surface area contributed by atoms with Crippen LogP contribution < -0.4 is 0 Å². The van der Waals surface area contributed by atoms with E-state index in [9.17, 15) is 0 Å². The number of rotatable bonds is 1. The van der Waals surface area contributed by atoms with Crippen molar-refractivity contribution in [2.75, 3.05) is 0 Å². The molecule has 64 valence electrons. The van der Waals surface area contributed by atoms with Crippen LogP contribution in [-0.2, 0) is 0 Å². The molecule has 0 bridgehead atoms. The number of hydrogen-bond acceptors (Lipinski definition) is 0. The van der Waals surface area contributed by atoms with Crippen molar-refractivity contribution < 1.29 is 0 Å². The van der Waals surface area contributed by atoms with Gasteiger partial charge in [-0.25, -0.2) is 0 Å². The fourth-order valence-electron chi connectivity index (χ4n) is 3.36. The second kappa shape index (κ2) is 3.16. The summed E-state index contributed by atoms with van der Waals surface area (Å²) in [4.78, 5) is 0. The largest absolute Gasteiger partial charge is 0.0651 e. The Balaban J connectivity index is 1.98. The van der Waals surface area contributed by atoms with Crippen LogP contribution in [0.3, 0.4) is 0 Å². The topological polar surface area (TPSA) is 0 Å². The van der Waals surface area contributed by atoms with Gasteiger partial charge in [-0.15, -0.1) is 0 Å². The molecule has 0 nitrogen and oxygen atoms in total. The summed E-state index contributed by atoms with van der Waals surface area (Å²) < 4.78 is 0. The summed E-state index contributed by atoms with van der Waals surface area (Å²) in [5.41, 5.74) is 0. The fourth-order valence-corrected chi connectivity index (χ4v) is 3.36. The molecule has 0 aromatic carbocycles. The predicted molar refractivity (Wildman–Crippen MR) is 48.5 cm³/mol. The Morgan fingerprint density at radius 1 is 1.00 bits per heavy atom. The molecule has 3 atom stereocenters. The molecule has 2 fully saturated rings. The monoisotopic (exact) mass is 152 g/mol. The van der Waals surface area contributed by atoms with Crippen LogP contribution in [0.4, 0.5) is 0 Å². The minimum Gasteiger partial charge on any atom is -0.0651 e. The van der Waals surface area contributed by atoms with E-state index in [2.05, 4.69) is 6.92 Å². The molecule has 0 unspecified atom stereocenters. The molecule has 11 heavy (non-hydrogen) atoms. The summed E-state index contributed by atoms with van der Waals surface area (Å²) in [6, 6.07) is 0. The molecule has 0 heterocycles. The van der Waals surface area contributed by atoms with Gasteiger partial charge in [0.25, 0.3) is 0 Å². The minimum absolute atomic E-state index is 1.11. The van der Waals surface area contributed by atoms with E-state index in [1.54, 1.807) is 25.7 Å². The Bertz CT molecular complexity index is 122. The van der Waals surface area contributed by atoms with Crippen LogP contribution in [0.25, 0.3) is 0 Å². The van der Waals surface area contributed by atoms with Gasteiger partial charge >= 0.3 is 0 Å². The van der Waals surface area contributed by atoms with Crippen LogP contribution in [0.2, 0.25) is 0 Å². The lowest BCUT2D eigenvalue weighted by molar-refractivity contribution is 0.224. The van der Waals surface area contributed by atoms with Crippen molar-refractivity contribution in [2.45, 2.75) is 51.9 Å². The number of fused-ring (bicyclic) bond motifs is 1. The molecule has 0 amide bonds. The van der Waals surface area contributed by atoms with Gasteiger partial charge in [0.05, 0.1) is 0 Å². The van der Waals surface area contributed by atoms with Crippen molar-refractivity contribution in [3.8, 4) is 0 Å². The van der Waals surface area contributed by atoms with Crippen molar-refractivity contribution in [1.82, 2.24) is 0 Å². The normalized spacial score (nSPS) is 43.9. The highest BCUT2D eigenvalue weighted by atomic mass is 14.4. The lowest BCUT2D eigenvalue weighted by Gasteiger charge is -2.28. The SMILES string of the molecule is CC[C@H]1CC[C@@H]2CCCC[C@@H]21. The van der Waals surface area contributed by atoms with E-state index in [4.69, 9.17) is 0 Å². The summed E-state index contributed by atoms with van der Waals surface area (Å²) in [6.45, 7) is 2.38. The van der Waals surface area contributed by atoms with Gasteiger partial charge in [-0.05, 0) is 37.0 Å². The molecule has 0 spiro atoms. The molecule has 0 N–H and O–H groups in total. The molecule has 0 aromatic heterocycles. The average molecular weight is 152 g/mol. The zero-order chi connectivity index (χ0) is 7.68. The third-order valence-electron chi connectivity index (χ3n) is 4.01. The third-order valence-corrected chi connectivity index (χ3v) is 4.01. The first-order valence-electron chi connectivity index (χ1n) is 5.42. The van der Waals surface area contributed by atoms with E-state index in [1.165, 1.54) is 19.3 Å². The van der Waals surface area contributed by atoms with E-state index >= 15 is 0 Å². The highest BCUT2D eigenvalue weighted by Crippen LogP contribution is 2.46. The highest BCUT2D eigenvalue weighted by molar-refractivity contribution is 4.86. The van der Waals surface area contributed by atoms with Crippen LogP contribution in [0, 0.1) is 17.8 Å². The lowest BCUT2D eigenvalue weighted by atomic mass is 9.77. The molecule has 0 radical (unpaired) electrons. The van der Waals surface area contributed by atoms with Gasteiger partial charge in [0.2, 0.25) is 0 Å². The van der Waals surface area contributed by atoms with Gasteiger partial charge in [-0.2, -0.15) is 0 Å². The maximum absolute atomic E-state index is 2.38. The molecule has 0 heteroatoms. The van der Waals surface area contributed by atoms with E-state index in [0.717, 1.165) is 17.8 Å². The van der Waals surface area contributed by atoms with Crippen LogP contribution >= 0.6 is 0 Å². The van der Waals surface area contributed by atoms with Gasteiger partial charge in [-0.3, -0.25) is 0 Å². The predicted octanol–water partition coefficient (Wildman–Crippen LogP) is 3.61. The zero-order valence-electron chi connectivity index (χ0n) is 7.68. The third kappa shape index (κ3) is 1.32. The Labute approximate surface area is 70.4 Å². The Kier molecular flexibility index (Phi) is 2.20. The summed E-state index contributed by atoms with van der Waals surface area (Å²) in [6.07, 6.45) is 10.7. The summed E-state index contributed by atoms with van der Waals surface area (Å²) in [5, 5.41) is 0. The van der Waals surface area contributed by atoms with Crippen LogP contribution in [-0.4, -0.2) is 0 Å². The van der Waals surface area contributed by atoms with E-state index in [0.29, 0.717) is 0 Å². The van der Waals surface area contributed by atoms with Gasteiger partial charge in [0, 0.05) is 0 Å². The maximum Gasteiger partial charge on any atom is -0.0358 e. The first-order valence-corrected chi connectivity index (χ1v) is 5.42. The lowest BCUT2D eigenvalue weighted by Crippen LogP contribution is -2.18. The van der Waals surface area contributed by atoms with Gasteiger partial charge in [-0.1, -0.05) is 32.6 Å². The van der Waals surface area contributed by atoms with E-state index in [1.807, 2.05) is 0 Å². The van der Waals surface area contributed by atoms with Crippen molar-refractivity contribution in [1.29, 1.82) is 0 Å². The molecule has 0 aromatic rings. The smallest absolute Gasteiger partial charge is 0.0358 e. The standard InChI is InChI=1S/C11H20/c1-2-9-7-8-10-5-3-4-6-11(9)10/h9-11H,2-8H2,1H3/t9-,10-,11+/m0/s1.